The summed E-state index contributed by atoms with van der Waals surface area (Å²) in [5.74, 6) is 1.02. The van der Waals surface area contributed by atoms with E-state index in [4.69, 9.17) is 5.53 Å². The van der Waals surface area contributed by atoms with Crippen LogP contribution in [0, 0.1) is 0 Å². The Balaban J connectivity index is 2.85. The van der Waals surface area contributed by atoms with E-state index < -0.39 is 0 Å². The van der Waals surface area contributed by atoms with Crippen molar-refractivity contribution in [3.8, 4) is 0 Å². The van der Waals surface area contributed by atoms with Gasteiger partial charge in [0.1, 0.15) is 11.7 Å². The maximum Gasteiger partial charge on any atom is 0.140 e. The monoisotopic (exact) mass is 238 g/mol. The lowest BCUT2D eigenvalue weighted by molar-refractivity contribution is 0.0765. The van der Waals surface area contributed by atoms with Crippen molar-refractivity contribution in [2.24, 2.45) is 10.1 Å². The van der Waals surface area contributed by atoms with Gasteiger partial charge >= 0.3 is 0 Å². The predicted molar refractivity (Wildman–Crippen MR) is 66.2 cm³/mol. The number of nitrogens with one attached hydrogen (secondary N) is 3. The molecule has 0 saturated heterocycles. The molecule has 94 valence electrons. The molecule has 0 aliphatic carbocycles. The lowest BCUT2D eigenvalue weighted by atomic mass is 10.4. The van der Waals surface area contributed by atoms with Gasteiger partial charge in [0.2, 0.25) is 0 Å². The predicted octanol–water partition coefficient (Wildman–Crippen LogP) is 1.18. The van der Waals surface area contributed by atoms with Crippen LogP contribution in [0.2, 0.25) is 0 Å². The lowest BCUT2D eigenvalue weighted by Gasteiger charge is -2.31. The fourth-order valence-corrected chi connectivity index (χ4v) is 1.22. The average molecular weight is 238 g/mol. The quantitative estimate of drug-likeness (QED) is 0.389. The molecule has 0 radical (unpaired) electrons. The number of hydrazine groups is 3. The topological polar surface area (TPSA) is 100 Å². The Kier molecular flexibility index (Phi) is 4.77. The summed E-state index contributed by atoms with van der Waals surface area (Å²) < 4.78 is 0. The van der Waals surface area contributed by atoms with Crippen LogP contribution in [0.25, 0.3) is 10.4 Å². The highest BCUT2D eigenvalue weighted by Gasteiger charge is 2.14. The molecule has 0 aromatic heterocycles. The van der Waals surface area contributed by atoms with Crippen molar-refractivity contribution in [2.75, 3.05) is 0 Å². The van der Waals surface area contributed by atoms with Crippen LogP contribution < -0.4 is 16.3 Å². The summed E-state index contributed by atoms with van der Waals surface area (Å²) >= 11 is 0. The van der Waals surface area contributed by atoms with Crippen LogP contribution in [0.3, 0.4) is 0 Å². The van der Waals surface area contributed by atoms with Crippen LogP contribution in [0.1, 0.15) is 27.7 Å². The Morgan fingerprint density at radius 2 is 2.06 bits per heavy atom. The third kappa shape index (κ3) is 4.73. The second kappa shape index (κ2) is 6.09. The fourth-order valence-electron chi connectivity index (χ4n) is 1.22. The minimum atomic E-state index is 0.153. The molecule has 0 fully saturated rings. The summed E-state index contributed by atoms with van der Waals surface area (Å²) in [5.41, 5.74) is 17.4. The molecule has 1 rings (SSSR count). The van der Waals surface area contributed by atoms with E-state index in [0.717, 1.165) is 0 Å². The molecule has 0 saturated carbocycles. The molecule has 17 heavy (non-hydrogen) atoms. The molecular weight excluding hydrogens is 220 g/mol. The summed E-state index contributed by atoms with van der Waals surface area (Å²) in [6, 6.07) is 0.376. The van der Waals surface area contributed by atoms with E-state index in [-0.39, 0.29) is 12.1 Å². The van der Waals surface area contributed by atoms with Gasteiger partial charge in [0.05, 0.1) is 0 Å². The van der Waals surface area contributed by atoms with Gasteiger partial charge in [-0.15, -0.1) is 0 Å². The lowest BCUT2D eigenvalue weighted by Crippen LogP contribution is -2.61. The zero-order chi connectivity index (χ0) is 12.8. The molecule has 8 nitrogen and oxygen atoms in total. The van der Waals surface area contributed by atoms with Crippen LogP contribution in [-0.2, 0) is 0 Å². The zero-order valence-electron chi connectivity index (χ0n) is 10.5. The van der Waals surface area contributed by atoms with Crippen molar-refractivity contribution in [2.45, 2.75) is 39.8 Å². The number of hydrogen-bond acceptors (Lipinski definition) is 5. The Morgan fingerprint density at radius 3 is 2.59 bits per heavy atom. The first-order valence-corrected chi connectivity index (χ1v) is 5.45. The normalized spacial score (nSPS) is 18.7. The fraction of sp³-hybridized carbons (Fsp3) is 0.667. The summed E-state index contributed by atoms with van der Waals surface area (Å²) in [6.07, 6.45) is 1.65. The van der Waals surface area contributed by atoms with Crippen molar-refractivity contribution in [1.29, 1.82) is 0 Å². The van der Waals surface area contributed by atoms with Crippen LogP contribution >= 0.6 is 0 Å². The maximum absolute atomic E-state index is 8.43. The minimum Gasteiger partial charge on any atom is -0.285 e. The van der Waals surface area contributed by atoms with E-state index in [1.165, 1.54) is 5.23 Å². The van der Waals surface area contributed by atoms with Crippen molar-refractivity contribution in [1.82, 2.24) is 21.5 Å². The van der Waals surface area contributed by atoms with Crippen molar-refractivity contribution >= 4 is 5.84 Å². The summed E-state index contributed by atoms with van der Waals surface area (Å²) in [6.45, 7) is 7.93. The van der Waals surface area contributed by atoms with Crippen molar-refractivity contribution in [3.05, 3.63) is 22.3 Å². The highest BCUT2D eigenvalue weighted by Crippen LogP contribution is 2.01. The first kappa shape index (κ1) is 13.3. The van der Waals surface area contributed by atoms with Gasteiger partial charge in [-0.3, -0.25) is 15.8 Å². The van der Waals surface area contributed by atoms with Crippen molar-refractivity contribution in [3.63, 3.8) is 0 Å². The van der Waals surface area contributed by atoms with E-state index in [2.05, 4.69) is 31.3 Å². The van der Waals surface area contributed by atoms with E-state index in [1.807, 2.05) is 27.7 Å². The highest BCUT2D eigenvalue weighted by atomic mass is 15.9. The molecule has 0 bridgehead atoms. The summed E-state index contributed by atoms with van der Waals surface area (Å²) in [4.78, 5) is 7.09. The van der Waals surface area contributed by atoms with Gasteiger partial charge in [0.15, 0.2) is 0 Å². The first-order chi connectivity index (χ1) is 8.01. The van der Waals surface area contributed by atoms with Gasteiger partial charge in [-0.25, -0.2) is 5.43 Å². The molecule has 1 aliphatic rings. The number of amidine groups is 1. The Labute approximate surface area is 100 Å². The van der Waals surface area contributed by atoms with Gasteiger partial charge in [0, 0.05) is 23.1 Å². The van der Waals surface area contributed by atoms with Crippen molar-refractivity contribution < 1.29 is 0 Å². The van der Waals surface area contributed by atoms with Crippen LogP contribution in [-0.4, -0.2) is 23.1 Å². The molecule has 8 heteroatoms. The molecule has 0 atom stereocenters. The van der Waals surface area contributed by atoms with Gasteiger partial charge in [0.25, 0.3) is 0 Å². The van der Waals surface area contributed by atoms with Crippen LogP contribution in [0.15, 0.2) is 22.0 Å². The van der Waals surface area contributed by atoms with Gasteiger partial charge < -0.3 is 0 Å². The highest BCUT2D eigenvalue weighted by molar-refractivity contribution is 5.93. The number of azide groups is 1. The Hall–Kier alpha value is -1.76. The van der Waals surface area contributed by atoms with Crippen LogP contribution in [0.5, 0.6) is 0 Å². The Bertz CT molecular complexity index is 363. The van der Waals surface area contributed by atoms with Crippen LogP contribution in [0.4, 0.5) is 0 Å². The van der Waals surface area contributed by atoms with Gasteiger partial charge in [-0.2, -0.15) is 0 Å². The number of rotatable bonds is 4. The summed E-state index contributed by atoms with van der Waals surface area (Å²) in [7, 11) is 0. The van der Waals surface area contributed by atoms with Gasteiger partial charge in [-0.05, 0) is 38.3 Å². The number of nitrogens with zero attached hydrogens (tertiary/aromatic N) is 5. The minimum absolute atomic E-state index is 0.153. The number of hydrogen-bond donors (Lipinski definition) is 3. The smallest absolute Gasteiger partial charge is 0.140 e. The number of aliphatic imine (C=N–C) groups is 1. The molecule has 0 unspecified atom stereocenters. The molecule has 0 spiro atoms. The molecule has 0 amide bonds. The Morgan fingerprint density at radius 1 is 1.35 bits per heavy atom. The van der Waals surface area contributed by atoms with E-state index >= 15 is 0 Å². The standard InChI is InChI=1S/C9H18N8/c1-6(2)11-8-5-9(12-16-10)15-17(14-8)13-7(3)4/h5-7,13,15H,1-4H3,(H,11,14). The molecule has 1 aliphatic heterocycles. The molecular formula is C9H18N8. The SMILES string of the molecule is CC(C)N=C1C=C(N=[N+]=[N-])NN(NC(C)C)N1. The van der Waals surface area contributed by atoms with E-state index in [9.17, 15) is 0 Å². The van der Waals surface area contributed by atoms with Gasteiger partial charge in [-0.1, -0.05) is 5.23 Å². The summed E-state index contributed by atoms with van der Waals surface area (Å²) in [5, 5.41) is 5.05. The molecule has 0 aromatic rings. The third-order valence-electron chi connectivity index (χ3n) is 1.66. The first-order valence-electron chi connectivity index (χ1n) is 5.45. The second-order valence-electron chi connectivity index (χ2n) is 4.17. The molecule has 3 N–H and O–H groups in total. The average Bonchev–Trinajstić information content (AvgIpc) is 2.14. The van der Waals surface area contributed by atoms with E-state index in [1.54, 1.807) is 6.08 Å². The largest absolute Gasteiger partial charge is 0.285 e. The third-order valence-corrected chi connectivity index (χ3v) is 1.66. The zero-order valence-corrected chi connectivity index (χ0v) is 10.5. The molecule has 0 aromatic carbocycles. The molecule has 1 heterocycles. The second-order valence-corrected chi connectivity index (χ2v) is 4.17. The van der Waals surface area contributed by atoms with E-state index in [0.29, 0.717) is 11.7 Å². The maximum atomic E-state index is 8.43.